The second kappa shape index (κ2) is 5.03. The zero-order valence-electron chi connectivity index (χ0n) is 10.0. The Hall–Kier alpha value is -1.12. The van der Waals surface area contributed by atoms with E-state index in [2.05, 4.69) is 6.07 Å². The molecule has 0 radical (unpaired) electrons. The average molecular weight is 237 g/mol. The fourth-order valence-electron chi connectivity index (χ4n) is 2.73. The zero-order chi connectivity index (χ0) is 12.3. The number of rotatable bonds is 1. The lowest BCUT2D eigenvalue weighted by Crippen LogP contribution is -2.51. The molecule has 2 unspecified atom stereocenters. The number of nitriles is 1. The first-order valence-electron chi connectivity index (χ1n) is 6.22. The van der Waals surface area contributed by atoms with Crippen LogP contribution < -0.4 is 5.73 Å². The Morgan fingerprint density at radius 3 is 2.76 bits per heavy atom. The Balaban J connectivity index is 2.11. The highest BCUT2D eigenvalue weighted by atomic mass is 16.5. The summed E-state index contributed by atoms with van der Waals surface area (Å²) in [7, 11) is 0. The maximum atomic E-state index is 12.4. The summed E-state index contributed by atoms with van der Waals surface area (Å²) in [5.74, 6) is -0.0431. The number of carbonyl (C=O) groups is 1. The highest BCUT2D eigenvalue weighted by molar-refractivity contribution is 5.85. The Bertz CT molecular complexity index is 333. The molecule has 2 atom stereocenters. The standard InChI is InChI=1S/C12H19N3O2/c13-9-12(3-1-2-10(14)8-12)11(16)15-4-6-17-7-5-15/h10H,1-8,14H2. The summed E-state index contributed by atoms with van der Waals surface area (Å²) in [5, 5.41) is 9.38. The van der Waals surface area contributed by atoms with Gasteiger partial charge in [0.2, 0.25) is 5.91 Å². The molecule has 0 aromatic rings. The number of carbonyl (C=O) groups excluding carboxylic acids is 1. The fourth-order valence-corrected chi connectivity index (χ4v) is 2.73. The Morgan fingerprint density at radius 1 is 1.47 bits per heavy atom. The number of ether oxygens (including phenoxy) is 1. The van der Waals surface area contributed by atoms with Crippen LogP contribution in [0.5, 0.6) is 0 Å². The van der Waals surface area contributed by atoms with Crippen LogP contribution in [0.15, 0.2) is 0 Å². The third kappa shape index (κ3) is 2.43. The molecule has 5 nitrogen and oxygen atoms in total. The fraction of sp³-hybridized carbons (Fsp3) is 0.833. The molecule has 0 aromatic heterocycles. The minimum Gasteiger partial charge on any atom is -0.378 e. The Kier molecular flexibility index (Phi) is 3.65. The number of nitrogens with zero attached hydrogens (tertiary/aromatic N) is 2. The van der Waals surface area contributed by atoms with Gasteiger partial charge in [-0.1, -0.05) is 0 Å². The van der Waals surface area contributed by atoms with Crippen molar-refractivity contribution in [1.82, 2.24) is 4.90 Å². The van der Waals surface area contributed by atoms with Crippen molar-refractivity contribution in [2.24, 2.45) is 11.1 Å². The van der Waals surface area contributed by atoms with Crippen molar-refractivity contribution < 1.29 is 9.53 Å². The van der Waals surface area contributed by atoms with E-state index < -0.39 is 5.41 Å². The van der Waals surface area contributed by atoms with Gasteiger partial charge < -0.3 is 15.4 Å². The maximum absolute atomic E-state index is 12.4. The quantitative estimate of drug-likeness (QED) is 0.709. The molecule has 0 aromatic carbocycles. The molecule has 1 saturated heterocycles. The summed E-state index contributed by atoms with van der Waals surface area (Å²) in [6, 6.07) is 2.21. The van der Waals surface area contributed by atoms with Gasteiger partial charge in [0.25, 0.3) is 0 Å². The van der Waals surface area contributed by atoms with Gasteiger partial charge in [-0.15, -0.1) is 0 Å². The molecular formula is C12H19N3O2. The minimum atomic E-state index is -0.880. The molecule has 94 valence electrons. The second-order valence-corrected chi connectivity index (χ2v) is 4.95. The highest BCUT2D eigenvalue weighted by Crippen LogP contribution is 2.37. The van der Waals surface area contributed by atoms with Gasteiger partial charge in [0, 0.05) is 19.1 Å². The smallest absolute Gasteiger partial charge is 0.243 e. The van der Waals surface area contributed by atoms with Crippen molar-refractivity contribution >= 4 is 5.91 Å². The third-order valence-corrected chi connectivity index (χ3v) is 3.71. The van der Waals surface area contributed by atoms with Gasteiger partial charge in [0.15, 0.2) is 0 Å². The lowest BCUT2D eigenvalue weighted by molar-refractivity contribution is -0.145. The van der Waals surface area contributed by atoms with Crippen LogP contribution in [0.2, 0.25) is 0 Å². The summed E-state index contributed by atoms with van der Waals surface area (Å²) in [6.45, 7) is 2.33. The molecule has 1 aliphatic carbocycles. The van der Waals surface area contributed by atoms with Crippen LogP contribution in [-0.2, 0) is 9.53 Å². The van der Waals surface area contributed by atoms with Crippen molar-refractivity contribution in [3.05, 3.63) is 0 Å². The average Bonchev–Trinajstić information content (AvgIpc) is 2.38. The molecule has 17 heavy (non-hydrogen) atoms. The number of nitrogens with two attached hydrogens (primary N) is 1. The van der Waals surface area contributed by atoms with Crippen molar-refractivity contribution in [2.75, 3.05) is 26.3 Å². The molecule has 1 amide bonds. The minimum absolute atomic E-state index is 0.0200. The van der Waals surface area contributed by atoms with Gasteiger partial charge in [-0.05, 0) is 25.7 Å². The van der Waals surface area contributed by atoms with E-state index in [0.717, 1.165) is 12.8 Å². The van der Waals surface area contributed by atoms with Crippen LogP contribution in [0.25, 0.3) is 0 Å². The zero-order valence-corrected chi connectivity index (χ0v) is 10.0. The molecular weight excluding hydrogens is 218 g/mol. The molecule has 0 spiro atoms. The predicted molar refractivity (Wildman–Crippen MR) is 61.9 cm³/mol. The predicted octanol–water partition coefficient (Wildman–Crippen LogP) is 0.256. The third-order valence-electron chi connectivity index (χ3n) is 3.71. The molecule has 1 heterocycles. The number of hydrogen-bond acceptors (Lipinski definition) is 4. The molecule has 1 aliphatic heterocycles. The molecule has 2 aliphatic rings. The number of morpholine rings is 1. The number of amides is 1. The van der Waals surface area contributed by atoms with E-state index >= 15 is 0 Å². The Labute approximate surface area is 102 Å². The monoisotopic (exact) mass is 237 g/mol. The van der Waals surface area contributed by atoms with E-state index in [1.54, 1.807) is 4.90 Å². The van der Waals surface area contributed by atoms with E-state index in [4.69, 9.17) is 10.5 Å². The van der Waals surface area contributed by atoms with Crippen molar-refractivity contribution in [2.45, 2.75) is 31.7 Å². The van der Waals surface area contributed by atoms with E-state index in [1.165, 1.54) is 0 Å². The normalized spacial score (nSPS) is 34.1. The molecule has 1 saturated carbocycles. The van der Waals surface area contributed by atoms with Gasteiger partial charge >= 0.3 is 0 Å². The lowest BCUT2D eigenvalue weighted by atomic mass is 9.72. The van der Waals surface area contributed by atoms with E-state index in [0.29, 0.717) is 39.1 Å². The van der Waals surface area contributed by atoms with Crippen molar-refractivity contribution in [3.63, 3.8) is 0 Å². The maximum Gasteiger partial charge on any atom is 0.243 e. The van der Waals surface area contributed by atoms with Crippen LogP contribution in [0.4, 0.5) is 0 Å². The van der Waals surface area contributed by atoms with Crippen LogP contribution in [0.1, 0.15) is 25.7 Å². The van der Waals surface area contributed by atoms with Crippen molar-refractivity contribution in [3.8, 4) is 6.07 Å². The van der Waals surface area contributed by atoms with Crippen molar-refractivity contribution in [1.29, 1.82) is 5.26 Å². The van der Waals surface area contributed by atoms with Gasteiger partial charge in [-0.3, -0.25) is 4.79 Å². The van der Waals surface area contributed by atoms with E-state index in [9.17, 15) is 10.1 Å². The van der Waals surface area contributed by atoms with E-state index in [-0.39, 0.29) is 11.9 Å². The molecule has 2 fully saturated rings. The highest BCUT2D eigenvalue weighted by Gasteiger charge is 2.44. The molecule has 2 N–H and O–H groups in total. The SMILES string of the molecule is N#CC1(C(=O)N2CCOCC2)CCCC(N)C1. The van der Waals surface area contributed by atoms with Crippen LogP contribution >= 0.6 is 0 Å². The first kappa shape index (κ1) is 12.3. The van der Waals surface area contributed by atoms with Crippen LogP contribution in [-0.4, -0.2) is 43.2 Å². The Morgan fingerprint density at radius 2 is 2.18 bits per heavy atom. The van der Waals surface area contributed by atoms with Gasteiger partial charge in [-0.2, -0.15) is 5.26 Å². The molecule has 0 bridgehead atoms. The summed E-state index contributed by atoms with van der Waals surface area (Å²) in [5.41, 5.74) is 5.03. The number of hydrogen-bond donors (Lipinski definition) is 1. The van der Waals surface area contributed by atoms with Gasteiger partial charge in [0.05, 0.1) is 19.3 Å². The van der Waals surface area contributed by atoms with Crippen LogP contribution in [0.3, 0.4) is 0 Å². The first-order valence-corrected chi connectivity index (χ1v) is 6.22. The van der Waals surface area contributed by atoms with E-state index in [1.807, 2.05) is 0 Å². The van der Waals surface area contributed by atoms with Gasteiger partial charge in [0.1, 0.15) is 5.41 Å². The topological polar surface area (TPSA) is 79.3 Å². The largest absolute Gasteiger partial charge is 0.378 e. The molecule has 5 heteroatoms. The second-order valence-electron chi connectivity index (χ2n) is 4.95. The lowest BCUT2D eigenvalue weighted by Gasteiger charge is -2.38. The summed E-state index contributed by atoms with van der Waals surface area (Å²) in [4.78, 5) is 14.2. The first-order chi connectivity index (χ1) is 8.18. The molecule has 2 rings (SSSR count). The summed E-state index contributed by atoms with van der Waals surface area (Å²) >= 11 is 0. The summed E-state index contributed by atoms with van der Waals surface area (Å²) < 4.78 is 5.22. The van der Waals surface area contributed by atoms with Crippen LogP contribution in [0, 0.1) is 16.7 Å². The van der Waals surface area contributed by atoms with Gasteiger partial charge in [-0.25, -0.2) is 0 Å². The summed E-state index contributed by atoms with van der Waals surface area (Å²) in [6.07, 6.45) is 2.93.